The van der Waals surface area contributed by atoms with Crippen molar-refractivity contribution in [3.05, 3.63) is 60.7 Å². The molecule has 0 unspecified atom stereocenters. The maximum absolute atomic E-state index is 5.00. The molecule has 0 radical (unpaired) electrons. The predicted molar refractivity (Wildman–Crippen MR) is 104 cm³/mol. The van der Waals surface area contributed by atoms with Gasteiger partial charge in [0.15, 0.2) is 0 Å². The van der Waals surface area contributed by atoms with Gasteiger partial charge in [0.05, 0.1) is 17.6 Å². The van der Waals surface area contributed by atoms with Crippen molar-refractivity contribution >= 4 is 16.6 Å². The summed E-state index contributed by atoms with van der Waals surface area (Å²) >= 11 is 0. The molecule has 0 bridgehead atoms. The number of benzene rings is 1. The SMILES string of the molecule is c1cc2ccc(-c3ccc4c(c3)nc3n4CCN(C4CCC4)C3)cn2c1. The van der Waals surface area contributed by atoms with Crippen LogP contribution in [0, 0.1) is 0 Å². The highest BCUT2D eigenvalue weighted by molar-refractivity contribution is 5.83. The van der Waals surface area contributed by atoms with Gasteiger partial charge in [-0.1, -0.05) is 18.6 Å². The first kappa shape index (κ1) is 14.6. The zero-order chi connectivity index (χ0) is 17.1. The van der Waals surface area contributed by atoms with Crippen molar-refractivity contribution in [3.63, 3.8) is 0 Å². The number of hydrogen-bond acceptors (Lipinski definition) is 2. The van der Waals surface area contributed by atoms with Crippen LogP contribution in [-0.2, 0) is 13.1 Å². The number of rotatable bonds is 2. The molecule has 0 N–H and O–H groups in total. The summed E-state index contributed by atoms with van der Waals surface area (Å²) in [6.07, 6.45) is 8.43. The van der Waals surface area contributed by atoms with E-state index in [1.807, 2.05) is 0 Å². The number of hydrogen-bond donors (Lipinski definition) is 0. The van der Waals surface area contributed by atoms with Gasteiger partial charge in [0.2, 0.25) is 0 Å². The molecule has 26 heavy (non-hydrogen) atoms. The Hall–Kier alpha value is -2.59. The highest BCUT2D eigenvalue weighted by atomic mass is 15.3. The molecule has 1 fully saturated rings. The van der Waals surface area contributed by atoms with Gasteiger partial charge >= 0.3 is 0 Å². The minimum absolute atomic E-state index is 0.799. The Morgan fingerprint density at radius 1 is 0.962 bits per heavy atom. The van der Waals surface area contributed by atoms with Crippen molar-refractivity contribution in [1.82, 2.24) is 18.9 Å². The summed E-state index contributed by atoms with van der Waals surface area (Å²) in [5.74, 6) is 1.23. The average molecular weight is 342 g/mol. The molecule has 0 spiro atoms. The second-order valence-electron chi connectivity index (χ2n) is 7.70. The van der Waals surface area contributed by atoms with Crippen LogP contribution in [0.3, 0.4) is 0 Å². The van der Waals surface area contributed by atoms with Gasteiger partial charge in [0, 0.05) is 37.0 Å². The van der Waals surface area contributed by atoms with Crippen molar-refractivity contribution in [3.8, 4) is 11.1 Å². The molecule has 1 saturated carbocycles. The molecule has 6 rings (SSSR count). The van der Waals surface area contributed by atoms with Crippen LogP contribution < -0.4 is 0 Å². The number of imidazole rings is 1. The number of aromatic nitrogens is 3. The fourth-order valence-electron chi connectivity index (χ4n) is 4.49. The lowest BCUT2D eigenvalue weighted by Crippen LogP contribution is -2.44. The van der Waals surface area contributed by atoms with Crippen LogP contribution in [0.2, 0.25) is 0 Å². The third-order valence-electron chi connectivity index (χ3n) is 6.23. The molecular formula is C22H22N4. The number of nitrogens with zero attached hydrogens (tertiary/aromatic N) is 4. The third kappa shape index (κ3) is 2.15. The van der Waals surface area contributed by atoms with E-state index in [1.165, 1.54) is 47.2 Å². The van der Waals surface area contributed by atoms with E-state index >= 15 is 0 Å². The Labute approximate surface area is 152 Å². The lowest BCUT2D eigenvalue weighted by atomic mass is 9.91. The number of fused-ring (bicyclic) bond motifs is 4. The molecule has 4 nitrogen and oxygen atoms in total. The fourth-order valence-corrected chi connectivity index (χ4v) is 4.49. The van der Waals surface area contributed by atoms with Crippen LogP contribution in [-0.4, -0.2) is 31.4 Å². The molecule has 0 atom stereocenters. The molecular weight excluding hydrogens is 320 g/mol. The highest BCUT2D eigenvalue weighted by Gasteiger charge is 2.29. The normalized spacial score (nSPS) is 18.3. The Morgan fingerprint density at radius 3 is 2.77 bits per heavy atom. The summed E-state index contributed by atoms with van der Waals surface area (Å²) in [5, 5.41) is 0. The van der Waals surface area contributed by atoms with Gasteiger partial charge < -0.3 is 8.97 Å². The number of pyridine rings is 1. The lowest BCUT2D eigenvalue weighted by molar-refractivity contribution is 0.0966. The predicted octanol–water partition coefficient (Wildman–Crippen LogP) is 4.32. The van der Waals surface area contributed by atoms with Gasteiger partial charge in [-0.15, -0.1) is 0 Å². The average Bonchev–Trinajstić information content (AvgIpc) is 3.22. The fraction of sp³-hybridized carbons (Fsp3) is 0.318. The minimum atomic E-state index is 0.799. The quantitative estimate of drug-likeness (QED) is 0.542. The Morgan fingerprint density at radius 2 is 1.88 bits per heavy atom. The lowest BCUT2D eigenvalue weighted by Gasteiger charge is -2.39. The summed E-state index contributed by atoms with van der Waals surface area (Å²) in [4.78, 5) is 7.63. The first-order valence-corrected chi connectivity index (χ1v) is 9.65. The zero-order valence-electron chi connectivity index (χ0n) is 14.8. The summed E-state index contributed by atoms with van der Waals surface area (Å²) in [6, 6.07) is 16.1. The van der Waals surface area contributed by atoms with Crippen LogP contribution >= 0.6 is 0 Å². The van der Waals surface area contributed by atoms with E-state index in [9.17, 15) is 0 Å². The highest BCUT2D eigenvalue weighted by Crippen LogP contribution is 2.31. The Kier molecular flexibility index (Phi) is 3.05. The second kappa shape index (κ2) is 5.45. The van der Waals surface area contributed by atoms with Crippen LogP contribution in [0.15, 0.2) is 54.9 Å². The van der Waals surface area contributed by atoms with Gasteiger partial charge in [-0.05, 0) is 54.3 Å². The van der Waals surface area contributed by atoms with E-state index in [1.54, 1.807) is 0 Å². The smallest absolute Gasteiger partial charge is 0.124 e. The zero-order valence-corrected chi connectivity index (χ0v) is 14.8. The molecule has 4 heterocycles. The standard InChI is InChI=1S/C22H22N4/c1-3-18(4-1)25-11-12-26-21-9-7-16(13-20(21)23-22(26)15-25)17-6-8-19-5-2-10-24(19)14-17/h2,5-10,13-14,18H,1,3-4,11-12,15H2. The topological polar surface area (TPSA) is 25.5 Å². The van der Waals surface area contributed by atoms with Gasteiger partial charge in [-0.25, -0.2) is 4.98 Å². The molecule has 2 aliphatic rings. The third-order valence-corrected chi connectivity index (χ3v) is 6.23. The van der Waals surface area contributed by atoms with Crippen LogP contribution in [0.4, 0.5) is 0 Å². The molecule has 0 amide bonds. The van der Waals surface area contributed by atoms with Gasteiger partial charge in [0.25, 0.3) is 0 Å². The maximum Gasteiger partial charge on any atom is 0.124 e. The van der Waals surface area contributed by atoms with Crippen LogP contribution in [0.1, 0.15) is 25.1 Å². The molecule has 1 aromatic carbocycles. The van der Waals surface area contributed by atoms with Crippen LogP contribution in [0.5, 0.6) is 0 Å². The first-order valence-electron chi connectivity index (χ1n) is 9.65. The van der Waals surface area contributed by atoms with Gasteiger partial charge in [-0.2, -0.15) is 0 Å². The van der Waals surface area contributed by atoms with Gasteiger partial charge in [0.1, 0.15) is 5.82 Å². The Balaban J connectivity index is 1.39. The largest absolute Gasteiger partial charge is 0.326 e. The maximum atomic E-state index is 5.00. The Bertz CT molecular complexity index is 1120. The van der Waals surface area contributed by atoms with E-state index < -0.39 is 0 Å². The van der Waals surface area contributed by atoms with Crippen molar-refractivity contribution < 1.29 is 0 Å². The molecule has 1 aliphatic carbocycles. The van der Waals surface area contributed by atoms with Crippen molar-refractivity contribution in [2.75, 3.05) is 6.54 Å². The molecule has 1 aliphatic heterocycles. The molecule has 130 valence electrons. The second-order valence-corrected chi connectivity index (χ2v) is 7.70. The van der Waals surface area contributed by atoms with Crippen molar-refractivity contribution in [2.24, 2.45) is 0 Å². The van der Waals surface area contributed by atoms with E-state index in [2.05, 4.69) is 68.7 Å². The molecule has 4 aromatic rings. The van der Waals surface area contributed by atoms with E-state index in [-0.39, 0.29) is 0 Å². The van der Waals surface area contributed by atoms with Crippen LogP contribution in [0.25, 0.3) is 27.7 Å². The minimum Gasteiger partial charge on any atom is -0.326 e. The monoisotopic (exact) mass is 342 g/mol. The van der Waals surface area contributed by atoms with Gasteiger partial charge in [-0.3, -0.25) is 4.90 Å². The summed E-state index contributed by atoms with van der Waals surface area (Å²) in [6.45, 7) is 3.23. The molecule has 4 heteroatoms. The summed E-state index contributed by atoms with van der Waals surface area (Å²) in [7, 11) is 0. The van der Waals surface area contributed by atoms with E-state index in [0.29, 0.717) is 0 Å². The summed E-state index contributed by atoms with van der Waals surface area (Å²) < 4.78 is 4.59. The summed E-state index contributed by atoms with van der Waals surface area (Å²) in [5.41, 5.74) is 6.10. The van der Waals surface area contributed by atoms with E-state index in [4.69, 9.17) is 4.98 Å². The van der Waals surface area contributed by atoms with E-state index in [0.717, 1.165) is 31.2 Å². The van der Waals surface area contributed by atoms with Crippen molar-refractivity contribution in [2.45, 2.75) is 38.4 Å². The first-order chi connectivity index (χ1) is 12.8. The van der Waals surface area contributed by atoms with Crippen molar-refractivity contribution in [1.29, 1.82) is 0 Å². The molecule has 3 aromatic heterocycles. The molecule has 0 saturated heterocycles.